The van der Waals surface area contributed by atoms with Gasteiger partial charge in [-0.3, -0.25) is 24.5 Å². The maximum absolute atomic E-state index is 11.9. The van der Waals surface area contributed by atoms with E-state index in [1.165, 1.54) is 0 Å². The minimum absolute atomic E-state index is 0.0512. The Bertz CT molecular complexity index is 826. The number of carbonyl (C=O) groups is 4. The highest BCUT2D eigenvalue weighted by atomic mass is 35.5. The number of ketones is 1. The predicted molar refractivity (Wildman–Crippen MR) is 93.9 cm³/mol. The number of nitrogens with one attached hydrogen (secondary N) is 1. The minimum atomic E-state index is -0.742. The van der Waals surface area contributed by atoms with Crippen molar-refractivity contribution in [1.29, 1.82) is 0 Å². The number of rotatable bonds is 7. The molecule has 2 aromatic rings. The molecule has 2 rings (SSSR count). The van der Waals surface area contributed by atoms with Crippen molar-refractivity contribution in [3.05, 3.63) is 58.9 Å². The molecule has 0 aliphatic carbocycles. The fourth-order valence-corrected chi connectivity index (χ4v) is 2.26. The zero-order valence-corrected chi connectivity index (χ0v) is 14.8. The number of esters is 1. The normalized spacial score (nSPS) is 10.2. The van der Waals surface area contributed by atoms with Crippen LogP contribution in [0.3, 0.4) is 0 Å². The smallest absolute Gasteiger partial charge is 0.306 e. The summed E-state index contributed by atoms with van der Waals surface area (Å²) in [5, 5.41) is 2.63. The van der Waals surface area contributed by atoms with Crippen LogP contribution in [-0.4, -0.2) is 34.7 Å². The topological polar surface area (TPSA) is 94.5 Å². The van der Waals surface area contributed by atoms with Gasteiger partial charge >= 0.3 is 5.97 Å². The van der Waals surface area contributed by atoms with Crippen LogP contribution in [0, 0.1) is 0 Å². The van der Waals surface area contributed by atoms with Gasteiger partial charge in [0.2, 0.25) is 0 Å². The molecule has 0 spiro atoms. The molecule has 0 bridgehead atoms. The van der Waals surface area contributed by atoms with Crippen molar-refractivity contribution in [2.24, 2.45) is 7.05 Å². The van der Waals surface area contributed by atoms with Crippen LogP contribution >= 0.6 is 11.6 Å². The second kappa shape index (κ2) is 8.96. The Morgan fingerprint density at radius 2 is 1.77 bits per heavy atom. The van der Waals surface area contributed by atoms with Crippen LogP contribution in [0.5, 0.6) is 0 Å². The number of benzene rings is 1. The summed E-state index contributed by atoms with van der Waals surface area (Å²) in [6.07, 6.45) is 1.45. The Labute approximate surface area is 154 Å². The van der Waals surface area contributed by atoms with E-state index in [4.69, 9.17) is 16.3 Å². The summed E-state index contributed by atoms with van der Waals surface area (Å²) in [7, 11) is 1.66. The van der Waals surface area contributed by atoms with Gasteiger partial charge in [-0.15, -0.1) is 0 Å². The van der Waals surface area contributed by atoms with Gasteiger partial charge in [0.25, 0.3) is 11.8 Å². The van der Waals surface area contributed by atoms with Gasteiger partial charge in [0.15, 0.2) is 12.4 Å². The van der Waals surface area contributed by atoms with Gasteiger partial charge in [-0.1, -0.05) is 11.6 Å². The fraction of sp³-hybridized carbons (Fsp3) is 0.222. The molecule has 0 radical (unpaired) electrons. The number of amides is 2. The standard InChI is InChI=1S/C18H17ClN2O5/c1-21-10-2-3-14(21)18(25)20-16(23)11-26-17(24)9-8-15(22)12-4-6-13(19)7-5-12/h2-7,10H,8-9,11H2,1H3,(H,20,23,25). The Hall–Kier alpha value is -2.93. The van der Waals surface area contributed by atoms with Gasteiger partial charge in [0, 0.05) is 30.3 Å². The summed E-state index contributed by atoms with van der Waals surface area (Å²) in [5.41, 5.74) is 0.742. The summed E-state index contributed by atoms with van der Waals surface area (Å²) in [6.45, 7) is -0.593. The van der Waals surface area contributed by atoms with E-state index in [2.05, 4.69) is 5.32 Å². The molecule has 0 atom stereocenters. The molecule has 2 amide bonds. The van der Waals surface area contributed by atoms with Crippen molar-refractivity contribution in [3.8, 4) is 0 Å². The Balaban J connectivity index is 1.72. The molecule has 0 aliphatic heterocycles. The molecule has 0 saturated heterocycles. The van der Waals surface area contributed by atoms with E-state index in [1.54, 1.807) is 54.2 Å². The fourth-order valence-electron chi connectivity index (χ4n) is 2.14. The molecule has 26 heavy (non-hydrogen) atoms. The average Bonchev–Trinajstić information content (AvgIpc) is 3.04. The molecule has 7 nitrogen and oxygen atoms in total. The molecule has 0 fully saturated rings. The van der Waals surface area contributed by atoms with Crippen LogP contribution in [0.15, 0.2) is 42.6 Å². The first kappa shape index (κ1) is 19.4. The number of carbonyl (C=O) groups excluding carboxylic acids is 4. The van der Waals surface area contributed by atoms with E-state index in [1.807, 2.05) is 0 Å². The van der Waals surface area contributed by atoms with Gasteiger partial charge in [0.05, 0.1) is 6.42 Å². The van der Waals surface area contributed by atoms with Crippen LogP contribution in [0.4, 0.5) is 0 Å². The van der Waals surface area contributed by atoms with E-state index in [0.717, 1.165) is 0 Å². The van der Waals surface area contributed by atoms with Crippen LogP contribution in [0.25, 0.3) is 0 Å². The van der Waals surface area contributed by atoms with Crippen LogP contribution in [-0.2, 0) is 21.4 Å². The summed E-state index contributed by atoms with van der Waals surface area (Å²) < 4.78 is 6.33. The molecular formula is C18H17ClN2O5. The molecule has 1 N–H and O–H groups in total. The van der Waals surface area contributed by atoms with Crippen molar-refractivity contribution in [3.63, 3.8) is 0 Å². The number of ether oxygens (including phenoxy) is 1. The van der Waals surface area contributed by atoms with Crippen LogP contribution in [0.1, 0.15) is 33.7 Å². The molecule has 0 unspecified atom stereocenters. The Morgan fingerprint density at radius 1 is 1.08 bits per heavy atom. The summed E-state index contributed by atoms with van der Waals surface area (Å²) >= 11 is 5.74. The van der Waals surface area contributed by atoms with Crippen molar-refractivity contribution < 1.29 is 23.9 Å². The van der Waals surface area contributed by atoms with Gasteiger partial charge in [-0.05, 0) is 36.4 Å². The number of hydrogen-bond acceptors (Lipinski definition) is 5. The van der Waals surface area contributed by atoms with Crippen molar-refractivity contribution in [2.45, 2.75) is 12.8 Å². The maximum Gasteiger partial charge on any atom is 0.306 e. The number of aromatic nitrogens is 1. The summed E-state index contributed by atoms with van der Waals surface area (Å²) in [5.74, 6) is -2.26. The third-order valence-corrected chi connectivity index (χ3v) is 3.77. The first-order chi connectivity index (χ1) is 12.4. The highest BCUT2D eigenvalue weighted by Crippen LogP contribution is 2.12. The lowest BCUT2D eigenvalue weighted by Gasteiger charge is -2.06. The second-order valence-electron chi connectivity index (χ2n) is 5.47. The van der Waals surface area contributed by atoms with E-state index in [-0.39, 0.29) is 18.6 Å². The molecule has 1 aromatic heterocycles. The van der Waals surface area contributed by atoms with Gasteiger partial charge in [-0.2, -0.15) is 0 Å². The minimum Gasteiger partial charge on any atom is -0.456 e. The number of Topliss-reactive ketones (excluding diaryl/α,β-unsaturated/α-hetero) is 1. The zero-order valence-electron chi connectivity index (χ0n) is 14.0. The summed E-state index contributed by atoms with van der Waals surface area (Å²) in [4.78, 5) is 47.1. The maximum atomic E-state index is 11.9. The third kappa shape index (κ3) is 5.56. The highest BCUT2D eigenvalue weighted by Gasteiger charge is 2.15. The SMILES string of the molecule is Cn1cccc1C(=O)NC(=O)COC(=O)CCC(=O)c1ccc(Cl)cc1. The monoisotopic (exact) mass is 376 g/mol. The Kier molecular flexibility index (Phi) is 6.68. The van der Waals surface area contributed by atoms with Gasteiger partial charge < -0.3 is 9.30 Å². The van der Waals surface area contributed by atoms with E-state index in [0.29, 0.717) is 16.3 Å². The predicted octanol–water partition coefficient (Wildman–Crippen LogP) is 2.14. The molecule has 8 heteroatoms. The number of imide groups is 1. The third-order valence-electron chi connectivity index (χ3n) is 3.52. The molecule has 1 aromatic carbocycles. The van der Waals surface area contributed by atoms with Gasteiger partial charge in [0.1, 0.15) is 5.69 Å². The van der Waals surface area contributed by atoms with Crippen molar-refractivity contribution in [1.82, 2.24) is 9.88 Å². The number of halogens is 1. The van der Waals surface area contributed by atoms with E-state index < -0.39 is 24.4 Å². The molecule has 0 saturated carbocycles. The first-order valence-corrected chi connectivity index (χ1v) is 8.14. The highest BCUT2D eigenvalue weighted by molar-refractivity contribution is 6.30. The van der Waals surface area contributed by atoms with Gasteiger partial charge in [-0.25, -0.2) is 0 Å². The van der Waals surface area contributed by atoms with Crippen LogP contribution < -0.4 is 5.32 Å². The molecule has 1 heterocycles. The lowest BCUT2D eigenvalue weighted by Crippen LogP contribution is -2.35. The second-order valence-corrected chi connectivity index (χ2v) is 5.91. The molecule has 136 valence electrons. The lowest BCUT2D eigenvalue weighted by molar-refractivity contribution is -0.148. The van der Waals surface area contributed by atoms with Crippen molar-refractivity contribution in [2.75, 3.05) is 6.61 Å². The first-order valence-electron chi connectivity index (χ1n) is 7.76. The van der Waals surface area contributed by atoms with Crippen molar-refractivity contribution >= 4 is 35.2 Å². The largest absolute Gasteiger partial charge is 0.456 e. The number of hydrogen-bond donors (Lipinski definition) is 1. The van der Waals surface area contributed by atoms with E-state index in [9.17, 15) is 19.2 Å². The van der Waals surface area contributed by atoms with Crippen LogP contribution in [0.2, 0.25) is 5.02 Å². The molecule has 0 aliphatic rings. The van der Waals surface area contributed by atoms with E-state index >= 15 is 0 Å². The zero-order chi connectivity index (χ0) is 19.1. The number of aryl methyl sites for hydroxylation is 1. The molecular weight excluding hydrogens is 360 g/mol. The quantitative estimate of drug-likeness (QED) is 0.590. The lowest BCUT2D eigenvalue weighted by atomic mass is 10.1. The summed E-state index contributed by atoms with van der Waals surface area (Å²) in [6, 6.07) is 9.52. The Morgan fingerprint density at radius 3 is 2.38 bits per heavy atom. The number of nitrogens with zero attached hydrogens (tertiary/aromatic N) is 1. The average molecular weight is 377 g/mol.